The van der Waals surface area contributed by atoms with Crippen LogP contribution in [0.5, 0.6) is 0 Å². The molecule has 9 heteroatoms. The monoisotopic (exact) mass is 450 g/mol. The quantitative estimate of drug-likeness (QED) is 0.661. The number of nitrogens with zero attached hydrogens (tertiary/aromatic N) is 2. The summed E-state index contributed by atoms with van der Waals surface area (Å²) in [4.78, 5) is 28.3. The van der Waals surface area contributed by atoms with Crippen LogP contribution in [0.3, 0.4) is 0 Å². The van der Waals surface area contributed by atoms with Crippen LogP contribution in [0, 0.1) is 0 Å². The van der Waals surface area contributed by atoms with E-state index in [2.05, 4.69) is 0 Å². The average molecular weight is 451 g/mol. The molecule has 2 aliphatic rings. The van der Waals surface area contributed by atoms with Gasteiger partial charge in [-0.15, -0.1) is 0 Å². The zero-order valence-corrected chi connectivity index (χ0v) is 20.4. The number of hydrogen-bond donors (Lipinski definition) is 0. The van der Waals surface area contributed by atoms with Gasteiger partial charge in [-0.25, -0.2) is 4.79 Å². The number of halogens is 1. The van der Waals surface area contributed by atoms with Crippen LogP contribution >= 0.6 is 11.6 Å². The summed E-state index contributed by atoms with van der Waals surface area (Å²) in [5.41, 5.74) is -0.308. The smallest absolute Gasteiger partial charge is 0.444 e. The third-order valence-electron chi connectivity index (χ3n) is 6.13. The minimum Gasteiger partial charge on any atom is -0.444 e. The first-order valence-corrected chi connectivity index (χ1v) is 10.9. The van der Waals surface area contributed by atoms with Crippen molar-refractivity contribution in [3.63, 3.8) is 0 Å². The van der Waals surface area contributed by atoms with Gasteiger partial charge in [-0.05, 0) is 60.6 Å². The molecule has 0 aromatic heterocycles. The molecule has 0 N–H and O–H groups in total. The molecule has 170 valence electrons. The highest BCUT2D eigenvalue weighted by Gasteiger charge is 2.52. The molecule has 7 nitrogen and oxygen atoms in total. The highest BCUT2D eigenvalue weighted by molar-refractivity contribution is 6.65. The van der Waals surface area contributed by atoms with Crippen molar-refractivity contribution >= 4 is 36.2 Å². The fourth-order valence-corrected chi connectivity index (χ4v) is 3.62. The highest BCUT2D eigenvalue weighted by atomic mass is 35.5. The van der Waals surface area contributed by atoms with Gasteiger partial charge in [-0.2, -0.15) is 0 Å². The van der Waals surface area contributed by atoms with E-state index in [0.29, 0.717) is 29.1 Å². The molecule has 2 saturated heterocycles. The Hall–Kier alpha value is -1.77. The number of carbonyl (C=O) groups is 2. The molecule has 0 atom stereocenters. The molecule has 0 saturated carbocycles. The zero-order chi connectivity index (χ0) is 23.4. The normalized spacial score (nSPS) is 20.4. The van der Waals surface area contributed by atoms with Crippen molar-refractivity contribution in [1.82, 2.24) is 9.80 Å². The molecule has 0 spiro atoms. The molecular weight excluding hydrogens is 419 g/mol. The van der Waals surface area contributed by atoms with Crippen molar-refractivity contribution in [2.75, 3.05) is 20.1 Å². The number of likely N-dealkylation sites (N-methyl/N-ethyl adjacent to an activating group) is 1. The van der Waals surface area contributed by atoms with E-state index in [0.717, 1.165) is 0 Å². The molecule has 2 heterocycles. The van der Waals surface area contributed by atoms with Gasteiger partial charge in [-0.3, -0.25) is 4.79 Å². The first kappa shape index (κ1) is 23.9. The molecule has 3 rings (SSSR count). The van der Waals surface area contributed by atoms with Crippen LogP contribution < -0.4 is 5.46 Å². The van der Waals surface area contributed by atoms with Gasteiger partial charge in [0.2, 0.25) is 0 Å². The van der Waals surface area contributed by atoms with E-state index in [9.17, 15) is 9.59 Å². The number of carbonyl (C=O) groups excluding carboxylic acids is 2. The Bertz CT molecular complexity index is 861. The van der Waals surface area contributed by atoms with Gasteiger partial charge in [0, 0.05) is 36.2 Å². The number of hydrogen-bond acceptors (Lipinski definition) is 5. The molecular formula is C22H32BClN2O5. The van der Waals surface area contributed by atoms with Crippen molar-refractivity contribution in [1.29, 1.82) is 0 Å². The molecule has 2 amide bonds. The number of amides is 2. The summed E-state index contributed by atoms with van der Waals surface area (Å²) in [5, 5.41) is 0.423. The Kier molecular flexibility index (Phi) is 6.15. The minimum atomic E-state index is -0.586. The third kappa shape index (κ3) is 4.86. The van der Waals surface area contributed by atoms with Crippen LogP contribution in [0.1, 0.15) is 58.8 Å². The molecule has 0 aliphatic carbocycles. The van der Waals surface area contributed by atoms with Crippen molar-refractivity contribution in [3.8, 4) is 0 Å². The Balaban J connectivity index is 1.62. The summed E-state index contributed by atoms with van der Waals surface area (Å²) in [7, 11) is 1.11. The minimum absolute atomic E-state index is 0.0710. The molecule has 0 radical (unpaired) electrons. The van der Waals surface area contributed by atoms with Crippen LogP contribution in [-0.4, -0.2) is 71.9 Å². The van der Waals surface area contributed by atoms with Crippen LogP contribution in [0.15, 0.2) is 18.2 Å². The Morgan fingerprint density at radius 3 is 2.19 bits per heavy atom. The summed E-state index contributed by atoms with van der Waals surface area (Å²) in [5.74, 6) is -0.129. The van der Waals surface area contributed by atoms with Gasteiger partial charge in [0.15, 0.2) is 0 Å². The Labute approximate surface area is 190 Å². The van der Waals surface area contributed by atoms with E-state index >= 15 is 0 Å². The maximum atomic E-state index is 12.9. The van der Waals surface area contributed by atoms with Crippen LogP contribution in [0.25, 0.3) is 0 Å². The van der Waals surface area contributed by atoms with Gasteiger partial charge in [0.1, 0.15) is 5.60 Å². The summed E-state index contributed by atoms with van der Waals surface area (Å²) < 4.78 is 17.5. The summed E-state index contributed by atoms with van der Waals surface area (Å²) in [6.45, 7) is 14.3. The highest BCUT2D eigenvalue weighted by Crippen LogP contribution is 2.37. The van der Waals surface area contributed by atoms with E-state index in [4.69, 9.17) is 25.6 Å². The van der Waals surface area contributed by atoms with Crippen molar-refractivity contribution in [3.05, 3.63) is 28.8 Å². The molecule has 1 aromatic carbocycles. The lowest BCUT2D eigenvalue weighted by atomic mass is 9.78. The first-order valence-electron chi connectivity index (χ1n) is 10.5. The first-order chi connectivity index (χ1) is 14.1. The average Bonchev–Trinajstić information content (AvgIpc) is 2.79. The molecule has 0 unspecified atom stereocenters. The second kappa shape index (κ2) is 7.98. The topological polar surface area (TPSA) is 68.3 Å². The van der Waals surface area contributed by atoms with Gasteiger partial charge >= 0.3 is 13.2 Å². The maximum absolute atomic E-state index is 12.9. The van der Waals surface area contributed by atoms with E-state index in [-0.39, 0.29) is 18.0 Å². The lowest BCUT2D eigenvalue weighted by Crippen LogP contribution is -2.61. The number of rotatable bonds is 3. The third-order valence-corrected chi connectivity index (χ3v) is 6.46. The van der Waals surface area contributed by atoms with Crippen LogP contribution in [0.4, 0.5) is 4.79 Å². The van der Waals surface area contributed by atoms with E-state index in [1.807, 2.05) is 48.5 Å². The zero-order valence-electron chi connectivity index (χ0n) is 19.6. The van der Waals surface area contributed by atoms with Crippen LogP contribution in [-0.2, 0) is 14.0 Å². The van der Waals surface area contributed by atoms with E-state index in [1.54, 1.807) is 35.0 Å². The molecule has 2 aliphatic heterocycles. The molecule has 2 fully saturated rings. The van der Waals surface area contributed by atoms with Gasteiger partial charge in [0.05, 0.1) is 17.2 Å². The van der Waals surface area contributed by atoms with E-state index < -0.39 is 23.9 Å². The summed E-state index contributed by atoms with van der Waals surface area (Å²) in [6, 6.07) is 5.09. The van der Waals surface area contributed by atoms with Crippen LogP contribution in [0.2, 0.25) is 5.02 Å². The predicted octanol–water partition coefficient (Wildman–Crippen LogP) is 3.33. The fraction of sp³-hybridized carbons (Fsp3) is 0.636. The summed E-state index contributed by atoms with van der Waals surface area (Å²) >= 11 is 6.49. The number of benzene rings is 1. The lowest BCUT2D eigenvalue weighted by Gasteiger charge is -2.44. The SMILES string of the molecule is CN(C(=O)OC(C)(C)C)C1CN(C(=O)c2ccc(B3OC(C)(C)C(C)(C)O3)c(Cl)c2)C1. The summed E-state index contributed by atoms with van der Waals surface area (Å²) in [6.07, 6.45) is -0.389. The second-order valence-electron chi connectivity index (χ2n) is 10.3. The standard InChI is InChI=1S/C22H32BClN2O5/c1-20(2,3)29-19(28)25(8)15-12-26(13-15)18(27)14-9-10-16(17(24)11-14)23-30-21(4,5)22(6,7)31-23/h9-11,15H,12-13H2,1-8H3. The Morgan fingerprint density at radius 2 is 1.71 bits per heavy atom. The van der Waals surface area contributed by atoms with Crippen molar-refractivity contribution < 1.29 is 23.6 Å². The fourth-order valence-electron chi connectivity index (χ4n) is 3.35. The lowest BCUT2D eigenvalue weighted by molar-refractivity contribution is -0.00206. The molecule has 0 bridgehead atoms. The predicted molar refractivity (Wildman–Crippen MR) is 121 cm³/mol. The number of likely N-dealkylation sites (tertiary alicyclic amines) is 1. The largest absolute Gasteiger partial charge is 0.496 e. The maximum Gasteiger partial charge on any atom is 0.496 e. The second-order valence-corrected chi connectivity index (χ2v) is 10.7. The van der Waals surface area contributed by atoms with E-state index in [1.165, 1.54) is 0 Å². The molecule has 31 heavy (non-hydrogen) atoms. The van der Waals surface area contributed by atoms with Gasteiger partial charge in [-0.1, -0.05) is 17.7 Å². The number of ether oxygens (including phenoxy) is 1. The van der Waals surface area contributed by atoms with Crippen molar-refractivity contribution in [2.45, 2.75) is 71.3 Å². The van der Waals surface area contributed by atoms with Gasteiger partial charge in [0.25, 0.3) is 5.91 Å². The molecule has 1 aromatic rings. The Morgan fingerprint density at radius 1 is 1.16 bits per heavy atom. The van der Waals surface area contributed by atoms with Crippen molar-refractivity contribution in [2.24, 2.45) is 0 Å². The van der Waals surface area contributed by atoms with Gasteiger partial charge < -0.3 is 23.8 Å².